The number of benzene rings is 3. The van der Waals surface area contributed by atoms with Crippen molar-refractivity contribution in [2.45, 2.75) is 30.2 Å². The van der Waals surface area contributed by atoms with Gasteiger partial charge in [0, 0.05) is 36.3 Å². The maximum atomic E-state index is 13.7. The summed E-state index contributed by atoms with van der Waals surface area (Å²) >= 11 is 0. The van der Waals surface area contributed by atoms with E-state index in [-0.39, 0.29) is 11.4 Å². The number of methoxy groups -OCH3 is 4. The molecule has 1 fully saturated rings. The summed E-state index contributed by atoms with van der Waals surface area (Å²) in [4.78, 5) is 18.5. The molecular weight excluding hydrogens is 558 g/mol. The third-order valence-electron chi connectivity index (χ3n) is 7.43. The minimum Gasteiger partial charge on any atom is -0.493 e. The molecule has 220 valence electrons. The Kier molecular flexibility index (Phi) is 8.51. The molecule has 1 amide bonds. The van der Waals surface area contributed by atoms with Crippen LogP contribution in [0.1, 0.15) is 24.1 Å². The van der Waals surface area contributed by atoms with Gasteiger partial charge in [-0.2, -0.15) is 4.31 Å². The molecule has 2 heterocycles. The second-order valence-corrected chi connectivity index (χ2v) is 11.7. The molecule has 1 unspecified atom stereocenters. The first-order valence-electron chi connectivity index (χ1n) is 13.4. The molecule has 1 N–H and O–H groups in total. The van der Waals surface area contributed by atoms with Crippen LogP contribution in [0.3, 0.4) is 0 Å². The van der Waals surface area contributed by atoms with Crippen molar-refractivity contribution in [3.63, 3.8) is 0 Å². The van der Waals surface area contributed by atoms with Gasteiger partial charge < -0.3 is 24.3 Å². The molecule has 42 heavy (non-hydrogen) atoms. The van der Waals surface area contributed by atoms with Crippen molar-refractivity contribution < 1.29 is 32.2 Å². The maximum Gasteiger partial charge on any atom is 0.243 e. The monoisotopic (exact) mass is 591 g/mol. The van der Waals surface area contributed by atoms with E-state index in [0.29, 0.717) is 53.5 Å². The number of carbonyl (C=O) groups excluding carboxylic acids is 1. The van der Waals surface area contributed by atoms with E-state index in [2.05, 4.69) is 10.3 Å². The number of anilines is 1. The predicted molar refractivity (Wildman–Crippen MR) is 159 cm³/mol. The molecule has 5 rings (SSSR count). The van der Waals surface area contributed by atoms with Crippen LogP contribution in [-0.2, 0) is 21.2 Å². The number of amides is 1. The SMILES string of the molecule is COc1cc(Cc2nccc3cc(OC)c(OC)cc23)c(NC(=O)C2CCCN2S(=O)(=O)c2ccccc2)cc1OC. The van der Waals surface area contributed by atoms with Gasteiger partial charge in [0.15, 0.2) is 23.0 Å². The molecule has 3 aromatic carbocycles. The van der Waals surface area contributed by atoms with Gasteiger partial charge in [0.05, 0.1) is 39.0 Å². The lowest BCUT2D eigenvalue weighted by molar-refractivity contribution is -0.119. The Morgan fingerprint density at radius 2 is 1.55 bits per heavy atom. The van der Waals surface area contributed by atoms with Crippen molar-refractivity contribution >= 4 is 32.4 Å². The summed E-state index contributed by atoms with van der Waals surface area (Å²) in [6.07, 6.45) is 3.04. The van der Waals surface area contributed by atoms with Crippen molar-refractivity contribution in [1.29, 1.82) is 0 Å². The summed E-state index contributed by atoms with van der Waals surface area (Å²) in [5.41, 5.74) is 1.93. The standard InChI is InChI=1S/C31H33N3O7S/c1-38-27-16-20-12-13-32-25(23(20)18-29(27)40-3)15-21-17-28(39-2)30(41-4)19-24(21)33-31(35)26-11-8-14-34(26)42(36,37)22-9-6-5-7-10-22/h5-7,9-10,12-13,16-19,26H,8,11,14-15H2,1-4H3,(H,33,35). The Hall–Kier alpha value is -4.35. The predicted octanol–water partition coefficient (Wildman–Crippen LogP) is 4.65. The summed E-state index contributed by atoms with van der Waals surface area (Å²) in [5.74, 6) is 1.67. The normalized spacial score (nSPS) is 15.4. The molecule has 1 atom stereocenters. The quantitative estimate of drug-likeness (QED) is 0.283. The molecule has 1 saturated heterocycles. The molecule has 0 bridgehead atoms. The number of hydrogen-bond donors (Lipinski definition) is 1. The molecule has 4 aromatic rings. The lowest BCUT2D eigenvalue weighted by atomic mass is 10.0. The number of nitrogens with zero attached hydrogens (tertiary/aromatic N) is 2. The van der Waals surface area contributed by atoms with E-state index in [1.54, 1.807) is 50.7 Å². The Bertz CT molecular complexity index is 1710. The van der Waals surface area contributed by atoms with Crippen molar-refractivity contribution in [2.75, 3.05) is 40.3 Å². The molecule has 1 aliphatic rings. The summed E-state index contributed by atoms with van der Waals surface area (Å²) in [7, 11) is 2.37. The van der Waals surface area contributed by atoms with Crippen molar-refractivity contribution in [3.05, 3.63) is 78.1 Å². The van der Waals surface area contributed by atoms with Crippen LogP contribution in [0, 0.1) is 0 Å². The third kappa shape index (κ3) is 5.57. The zero-order chi connectivity index (χ0) is 29.9. The van der Waals surface area contributed by atoms with Gasteiger partial charge in [0.25, 0.3) is 0 Å². The highest BCUT2D eigenvalue weighted by Gasteiger charge is 2.39. The molecule has 0 spiro atoms. The summed E-state index contributed by atoms with van der Waals surface area (Å²) < 4.78 is 50.1. The van der Waals surface area contributed by atoms with Crippen LogP contribution in [0.25, 0.3) is 10.8 Å². The zero-order valence-corrected chi connectivity index (χ0v) is 24.7. The third-order valence-corrected chi connectivity index (χ3v) is 9.35. The number of aromatic nitrogens is 1. The van der Waals surface area contributed by atoms with Gasteiger partial charge in [0.2, 0.25) is 15.9 Å². The van der Waals surface area contributed by atoms with Crippen LogP contribution in [0.15, 0.2) is 71.8 Å². The van der Waals surface area contributed by atoms with E-state index in [4.69, 9.17) is 18.9 Å². The fourth-order valence-corrected chi connectivity index (χ4v) is 6.98. The van der Waals surface area contributed by atoms with Crippen molar-refractivity contribution in [1.82, 2.24) is 9.29 Å². The summed E-state index contributed by atoms with van der Waals surface area (Å²) in [5, 5.41) is 4.76. The van der Waals surface area contributed by atoms with Crippen LogP contribution < -0.4 is 24.3 Å². The highest BCUT2D eigenvalue weighted by Crippen LogP contribution is 2.38. The lowest BCUT2D eigenvalue weighted by Gasteiger charge is -2.24. The number of ether oxygens (including phenoxy) is 4. The van der Waals surface area contributed by atoms with Gasteiger partial charge >= 0.3 is 0 Å². The van der Waals surface area contributed by atoms with Gasteiger partial charge in [-0.3, -0.25) is 9.78 Å². The van der Waals surface area contributed by atoms with E-state index in [0.717, 1.165) is 16.5 Å². The first-order chi connectivity index (χ1) is 20.3. The lowest BCUT2D eigenvalue weighted by Crippen LogP contribution is -2.43. The van der Waals surface area contributed by atoms with E-state index in [1.807, 2.05) is 18.2 Å². The van der Waals surface area contributed by atoms with Crippen molar-refractivity contribution in [3.8, 4) is 23.0 Å². The Morgan fingerprint density at radius 1 is 0.905 bits per heavy atom. The number of nitrogens with one attached hydrogen (secondary N) is 1. The van der Waals surface area contributed by atoms with Crippen LogP contribution >= 0.6 is 0 Å². The molecule has 1 aliphatic heterocycles. The molecule has 0 radical (unpaired) electrons. The number of pyridine rings is 1. The number of hydrogen-bond acceptors (Lipinski definition) is 8. The highest BCUT2D eigenvalue weighted by atomic mass is 32.2. The van der Waals surface area contributed by atoms with Crippen LogP contribution in [0.5, 0.6) is 23.0 Å². The molecule has 11 heteroatoms. The Labute approximate surface area is 245 Å². The van der Waals surface area contributed by atoms with E-state index < -0.39 is 22.0 Å². The topological polar surface area (TPSA) is 116 Å². The summed E-state index contributed by atoms with van der Waals surface area (Å²) in [6, 6.07) is 16.4. The Morgan fingerprint density at radius 3 is 2.24 bits per heavy atom. The second kappa shape index (κ2) is 12.3. The van der Waals surface area contributed by atoms with Gasteiger partial charge in [0.1, 0.15) is 6.04 Å². The number of rotatable bonds is 10. The molecule has 10 nitrogen and oxygen atoms in total. The van der Waals surface area contributed by atoms with Gasteiger partial charge in [-0.25, -0.2) is 8.42 Å². The zero-order valence-electron chi connectivity index (χ0n) is 23.9. The smallest absolute Gasteiger partial charge is 0.243 e. The minimum atomic E-state index is -3.85. The Balaban J connectivity index is 1.51. The van der Waals surface area contributed by atoms with E-state index in [9.17, 15) is 13.2 Å². The molecular formula is C31H33N3O7S. The van der Waals surface area contributed by atoms with Gasteiger partial charge in [-0.05, 0) is 60.2 Å². The number of fused-ring (bicyclic) bond motifs is 1. The molecule has 0 saturated carbocycles. The first kappa shape index (κ1) is 29.2. The first-order valence-corrected chi connectivity index (χ1v) is 14.9. The van der Waals surface area contributed by atoms with Gasteiger partial charge in [-0.15, -0.1) is 0 Å². The summed E-state index contributed by atoms with van der Waals surface area (Å²) in [6.45, 7) is 0.263. The number of carbonyl (C=O) groups is 1. The highest BCUT2D eigenvalue weighted by molar-refractivity contribution is 7.89. The molecule has 0 aliphatic carbocycles. The second-order valence-electron chi connectivity index (χ2n) is 9.80. The van der Waals surface area contributed by atoms with Crippen LogP contribution in [0.2, 0.25) is 0 Å². The average Bonchev–Trinajstić information content (AvgIpc) is 3.53. The van der Waals surface area contributed by atoms with Crippen molar-refractivity contribution in [2.24, 2.45) is 0 Å². The van der Waals surface area contributed by atoms with Crippen LogP contribution in [0.4, 0.5) is 5.69 Å². The van der Waals surface area contributed by atoms with Gasteiger partial charge in [-0.1, -0.05) is 18.2 Å². The van der Waals surface area contributed by atoms with Crippen LogP contribution in [-0.4, -0.2) is 64.6 Å². The number of sulfonamides is 1. The largest absolute Gasteiger partial charge is 0.493 e. The molecule has 1 aromatic heterocycles. The average molecular weight is 592 g/mol. The van der Waals surface area contributed by atoms with E-state index in [1.165, 1.54) is 30.7 Å². The fraction of sp³-hybridized carbons (Fsp3) is 0.290. The fourth-order valence-electron chi connectivity index (χ4n) is 5.30. The maximum absolute atomic E-state index is 13.7. The minimum absolute atomic E-state index is 0.158. The van der Waals surface area contributed by atoms with E-state index >= 15 is 0 Å².